The molecule has 2 rings (SSSR count). The first-order chi connectivity index (χ1) is 8.08. The van der Waals surface area contributed by atoms with E-state index < -0.39 is 5.91 Å². The number of benzene rings is 1. The molecule has 1 atom stereocenters. The number of nitrogens with zero attached hydrogens (tertiary/aromatic N) is 1. The molecule has 0 saturated carbocycles. The minimum Gasteiger partial charge on any atom is -0.369 e. The maximum Gasteiger partial charge on any atom is 0.250 e. The zero-order chi connectivity index (χ0) is 12.4. The van der Waals surface area contributed by atoms with Gasteiger partial charge in [0.05, 0.1) is 5.56 Å². The summed E-state index contributed by atoms with van der Waals surface area (Å²) < 4.78 is 0. The second kappa shape index (κ2) is 4.94. The number of carbonyl (C=O) groups is 1. The smallest absolute Gasteiger partial charge is 0.250 e. The topological polar surface area (TPSA) is 72.4 Å². The van der Waals surface area contributed by atoms with Crippen molar-refractivity contribution in [2.75, 3.05) is 18.0 Å². The quantitative estimate of drug-likeness (QED) is 0.836. The molecular weight excluding hydrogens is 238 g/mol. The largest absolute Gasteiger partial charge is 0.369 e. The number of piperidine rings is 1. The molecule has 0 aromatic heterocycles. The van der Waals surface area contributed by atoms with Gasteiger partial charge in [-0.2, -0.15) is 0 Å². The summed E-state index contributed by atoms with van der Waals surface area (Å²) in [5.41, 5.74) is 12.6. The van der Waals surface area contributed by atoms with Crippen LogP contribution < -0.4 is 16.4 Å². The van der Waals surface area contributed by atoms with Crippen molar-refractivity contribution in [2.24, 2.45) is 11.5 Å². The van der Waals surface area contributed by atoms with Crippen LogP contribution in [0.2, 0.25) is 5.02 Å². The molecule has 1 saturated heterocycles. The van der Waals surface area contributed by atoms with Crippen LogP contribution in [0.4, 0.5) is 5.69 Å². The fraction of sp³-hybridized carbons (Fsp3) is 0.417. The van der Waals surface area contributed by atoms with Crippen LogP contribution in [-0.4, -0.2) is 25.0 Å². The van der Waals surface area contributed by atoms with Crippen molar-refractivity contribution in [1.82, 2.24) is 0 Å². The first-order valence-corrected chi connectivity index (χ1v) is 6.05. The summed E-state index contributed by atoms with van der Waals surface area (Å²) in [5, 5.41) is 0.517. The molecule has 1 aromatic rings. The molecule has 0 bridgehead atoms. The second-order valence-electron chi connectivity index (χ2n) is 4.37. The molecule has 1 aliphatic heterocycles. The average molecular weight is 254 g/mol. The Balaban J connectivity index is 2.33. The Labute approximate surface area is 106 Å². The van der Waals surface area contributed by atoms with Crippen molar-refractivity contribution in [3.8, 4) is 0 Å². The zero-order valence-electron chi connectivity index (χ0n) is 9.53. The summed E-state index contributed by atoms with van der Waals surface area (Å²) >= 11 is 5.88. The van der Waals surface area contributed by atoms with Gasteiger partial charge in [-0.15, -0.1) is 0 Å². The summed E-state index contributed by atoms with van der Waals surface area (Å²) in [6, 6.07) is 5.36. The van der Waals surface area contributed by atoms with Gasteiger partial charge in [0.15, 0.2) is 0 Å². The first kappa shape index (κ1) is 12.2. The zero-order valence-corrected chi connectivity index (χ0v) is 10.3. The molecular formula is C12H16ClN3O. The number of primary amides is 1. The number of amides is 1. The van der Waals surface area contributed by atoms with Gasteiger partial charge in [0.2, 0.25) is 0 Å². The third-order valence-electron chi connectivity index (χ3n) is 3.02. The summed E-state index contributed by atoms with van der Waals surface area (Å²) in [6.07, 6.45) is 2.05. The lowest BCUT2D eigenvalue weighted by Crippen LogP contribution is -2.43. The van der Waals surface area contributed by atoms with Crippen LogP contribution in [0.5, 0.6) is 0 Å². The minimum atomic E-state index is -0.457. The van der Waals surface area contributed by atoms with Crippen LogP contribution >= 0.6 is 11.6 Å². The fourth-order valence-electron chi connectivity index (χ4n) is 2.21. The van der Waals surface area contributed by atoms with Crippen molar-refractivity contribution in [3.63, 3.8) is 0 Å². The van der Waals surface area contributed by atoms with Gasteiger partial charge < -0.3 is 16.4 Å². The molecule has 1 amide bonds. The van der Waals surface area contributed by atoms with Crippen LogP contribution in [0.15, 0.2) is 18.2 Å². The minimum absolute atomic E-state index is 0.153. The highest BCUT2D eigenvalue weighted by Crippen LogP contribution is 2.26. The van der Waals surface area contributed by atoms with Gasteiger partial charge in [0, 0.05) is 29.8 Å². The molecule has 1 fully saturated rings. The predicted octanol–water partition coefficient (Wildman–Crippen LogP) is 1.37. The van der Waals surface area contributed by atoms with Crippen LogP contribution in [0.25, 0.3) is 0 Å². The van der Waals surface area contributed by atoms with E-state index in [-0.39, 0.29) is 6.04 Å². The monoisotopic (exact) mass is 253 g/mol. The Morgan fingerprint density at radius 3 is 2.88 bits per heavy atom. The highest BCUT2D eigenvalue weighted by atomic mass is 35.5. The van der Waals surface area contributed by atoms with Gasteiger partial charge in [-0.3, -0.25) is 4.79 Å². The van der Waals surface area contributed by atoms with E-state index in [2.05, 4.69) is 4.90 Å². The summed E-state index contributed by atoms with van der Waals surface area (Å²) in [5.74, 6) is -0.457. The number of anilines is 1. The highest BCUT2D eigenvalue weighted by molar-refractivity contribution is 6.31. The van der Waals surface area contributed by atoms with Gasteiger partial charge >= 0.3 is 0 Å². The Morgan fingerprint density at radius 1 is 1.47 bits per heavy atom. The number of carbonyl (C=O) groups excluding carboxylic acids is 1. The second-order valence-corrected chi connectivity index (χ2v) is 4.81. The van der Waals surface area contributed by atoms with E-state index in [0.29, 0.717) is 10.6 Å². The number of rotatable bonds is 2. The highest BCUT2D eigenvalue weighted by Gasteiger charge is 2.20. The van der Waals surface area contributed by atoms with Crippen LogP contribution in [-0.2, 0) is 0 Å². The lowest BCUT2D eigenvalue weighted by molar-refractivity contribution is 0.100. The lowest BCUT2D eigenvalue weighted by Gasteiger charge is -2.33. The molecule has 4 N–H and O–H groups in total. The number of halogens is 1. The van der Waals surface area contributed by atoms with Crippen molar-refractivity contribution < 1.29 is 4.79 Å². The van der Waals surface area contributed by atoms with Crippen LogP contribution in [0.1, 0.15) is 23.2 Å². The maximum atomic E-state index is 11.4. The Hall–Kier alpha value is -1.26. The molecule has 1 aliphatic rings. The molecule has 1 aromatic carbocycles. The van der Waals surface area contributed by atoms with E-state index >= 15 is 0 Å². The van der Waals surface area contributed by atoms with E-state index in [4.69, 9.17) is 23.1 Å². The SMILES string of the molecule is NC(=O)c1cc(Cl)ccc1N1CCC[C@@H](N)C1. The first-order valence-electron chi connectivity index (χ1n) is 5.68. The maximum absolute atomic E-state index is 11.4. The number of nitrogens with two attached hydrogens (primary N) is 2. The molecule has 1 heterocycles. The molecule has 0 spiro atoms. The van der Waals surface area contributed by atoms with E-state index in [0.717, 1.165) is 31.6 Å². The number of hydrogen-bond acceptors (Lipinski definition) is 3. The molecule has 4 nitrogen and oxygen atoms in total. The van der Waals surface area contributed by atoms with Crippen LogP contribution in [0, 0.1) is 0 Å². The van der Waals surface area contributed by atoms with Crippen molar-refractivity contribution in [2.45, 2.75) is 18.9 Å². The Morgan fingerprint density at radius 2 is 2.24 bits per heavy atom. The van der Waals surface area contributed by atoms with Crippen molar-refractivity contribution in [3.05, 3.63) is 28.8 Å². The third-order valence-corrected chi connectivity index (χ3v) is 3.26. The van der Waals surface area contributed by atoms with E-state index in [1.54, 1.807) is 12.1 Å². The van der Waals surface area contributed by atoms with Gasteiger partial charge in [-0.1, -0.05) is 11.6 Å². The normalized spacial score (nSPS) is 20.4. The standard InChI is InChI=1S/C12H16ClN3O/c13-8-3-4-11(10(6-8)12(15)17)16-5-1-2-9(14)7-16/h3-4,6,9H,1-2,5,7,14H2,(H2,15,17)/t9-/m1/s1. The van der Waals surface area contributed by atoms with Gasteiger partial charge in [-0.25, -0.2) is 0 Å². The number of hydrogen-bond donors (Lipinski definition) is 2. The molecule has 92 valence electrons. The van der Waals surface area contributed by atoms with Gasteiger partial charge in [0.1, 0.15) is 0 Å². The van der Waals surface area contributed by atoms with Gasteiger partial charge in [0.25, 0.3) is 5.91 Å². The average Bonchev–Trinajstić information content (AvgIpc) is 2.28. The Kier molecular flexibility index (Phi) is 3.54. The fourth-order valence-corrected chi connectivity index (χ4v) is 2.38. The van der Waals surface area contributed by atoms with Crippen molar-refractivity contribution >= 4 is 23.2 Å². The Bertz CT molecular complexity index is 436. The summed E-state index contributed by atoms with van der Waals surface area (Å²) in [4.78, 5) is 13.5. The van der Waals surface area contributed by atoms with E-state index in [1.807, 2.05) is 6.07 Å². The molecule has 0 unspecified atom stereocenters. The van der Waals surface area contributed by atoms with Crippen LogP contribution in [0.3, 0.4) is 0 Å². The molecule has 5 heteroatoms. The van der Waals surface area contributed by atoms with Gasteiger partial charge in [-0.05, 0) is 31.0 Å². The summed E-state index contributed by atoms with van der Waals surface area (Å²) in [6.45, 7) is 1.65. The molecule has 17 heavy (non-hydrogen) atoms. The summed E-state index contributed by atoms with van der Waals surface area (Å²) in [7, 11) is 0. The van der Waals surface area contributed by atoms with Crippen molar-refractivity contribution in [1.29, 1.82) is 0 Å². The van der Waals surface area contributed by atoms with E-state index in [1.165, 1.54) is 0 Å². The third kappa shape index (κ3) is 2.70. The predicted molar refractivity (Wildman–Crippen MR) is 69.4 cm³/mol. The molecule has 0 radical (unpaired) electrons. The van der Waals surface area contributed by atoms with E-state index in [9.17, 15) is 4.79 Å². The molecule has 0 aliphatic carbocycles. The lowest BCUT2D eigenvalue weighted by atomic mass is 10.0.